The van der Waals surface area contributed by atoms with Crippen molar-refractivity contribution in [3.63, 3.8) is 0 Å². The quantitative estimate of drug-likeness (QED) is 0.893. The lowest BCUT2D eigenvalue weighted by atomic mass is 10.2. The van der Waals surface area contributed by atoms with Gasteiger partial charge in [-0.25, -0.2) is 9.97 Å². The summed E-state index contributed by atoms with van der Waals surface area (Å²) in [7, 11) is 1.92. The molecule has 2 atom stereocenters. The van der Waals surface area contributed by atoms with Crippen LogP contribution in [0.1, 0.15) is 29.3 Å². The highest BCUT2D eigenvalue weighted by Gasteiger charge is 2.27. The highest BCUT2D eigenvalue weighted by atomic mass is 32.2. The molecule has 2 rings (SSSR count). The second kappa shape index (κ2) is 5.48. The number of hydrogen-bond acceptors (Lipinski definition) is 5. The van der Waals surface area contributed by atoms with Crippen molar-refractivity contribution in [1.82, 2.24) is 9.97 Å². The van der Waals surface area contributed by atoms with Crippen LogP contribution in [0.3, 0.4) is 0 Å². The van der Waals surface area contributed by atoms with E-state index in [1.54, 1.807) is 0 Å². The smallest absolute Gasteiger partial charge is 0.145 e. The lowest BCUT2D eigenvalue weighted by Crippen LogP contribution is -2.19. The molecule has 0 radical (unpaired) electrons. The minimum absolute atomic E-state index is 0.431. The van der Waals surface area contributed by atoms with Crippen LogP contribution in [0.5, 0.6) is 0 Å². The molecule has 1 N–H and O–H groups in total. The normalized spacial score (nSPS) is 24.7. The number of rotatable bonds is 2. The summed E-state index contributed by atoms with van der Waals surface area (Å²) in [4.78, 5) is 9.34. The third kappa shape index (κ3) is 2.71. The van der Waals surface area contributed by atoms with E-state index in [1.165, 1.54) is 11.5 Å². The monoisotopic (exact) mass is 269 g/mol. The van der Waals surface area contributed by atoms with Crippen molar-refractivity contribution in [3.05, 3.63) is 17.1 Å². The predicted octanol–water partition coefficient (Wildman–Crippen LogP) is 3.04. The fraction of sp³-hybridized carbons (Fsp3) is 0.667. The first-order chi connectivity index (χ1) is 8.13. The van der Waals surface area contributed by atoms with Crippen LogP contribution in [-0.4, -0.2) is 33.8 Å². The number of aromatic nitrogens is 2. The van der Waals surface area contributed by atoms with Gasteiger partial charge in [0, 0.05) is 35.1 Å². The van der Waals surface area contributed by atoms with Crippen molar-refractivity contribution in [1.29, 1.82) is 0 Å². The summed E-state index contributed by atoms with van der Waals surface area (Å²) in [6.07, 6.45) is 0. The molecule has 0 spiro atoms. The number of nitrogens with one attached hydrogen (secondary N) is 1. The highest BCUT2D eigenvalue weighted by Crippen LogP contribution is 2.41. The average molecular weight is 269 g/mol. The lowest BCUT2D eigenvalue weighted by molar-refractivity contribution is 0.811. The van der Waals surface area contributed by atoms with Crippen LogP contribution in [0, 0.1) is 13.8 Å². The summed E-state index contributed by atoms with van der Waals surface area (Å²) in [5.74, 6) is 4.40. The number of aryl methyl sites for hydroxylation is 1. The minimum atomic E-state index is 0.431. The Balaban J connectivity index is 2.34. The van der Waals surface area contributed by atoms with E-state index in [0.29, 0.717) is 10.5 Å². The topological polar surface area (TPSA) is 37.8 Å². The van der Waals surface area contributed by atoms with Gasteiger partial charge in [-0.1, -0.05) is 6.92 Å². The summed E-state index contributed by atoms with van der Waals surface area (Å²) >= 11 is 4.01. The van der Waals surface area contributed by atoms with Crippen molar-refractivity contribution in [2.45, 2.75) is 31.3 Å². The predicted molar refractivity (Wildman–Crippen MR) is 78.2 cm³/mol. The van der Waals surface area contributed by atoms with Crippen LogP contribution in [-0.2, 0) is 0 Å². The molecule has 5 heteroatoms. The van der Waals surface area contributed by atoms with E-state index in [1.807, 2.05) is 30.6 Å². The Hall–Kier alpha value is -0.420. The Labute approximate surface area is 112 Å². The summed E-state index contributed by atoms with van der Waals surface area (Å²) < 4.78 is 0. The standard InChI is InChI=1S/C12H19N3S2/c1-7-8(2)14-12(15-11(7)13-4)10-9(3)16-5-6-17-10/h9-10H,5-6H2,1-4H3,(H,13,14,15). The molecule has 1 aliphatic rings. The van der Waals surface area contributed by atoms with Gasteiger partial charge in [0.25, 0.3) is 0 Å². The highest BCUT2D eigenvalue weighted by molar-refractivity contribution is 8.06. The molecule has 1 aromatic rings. The third-order valence-corrected chi connectivity index (χ3v) is 6.17. The maximum atomic E-state index is 4.67. The van der Waals surface area contributed by atoms with Crippen LogP contribution in [0.2, 0.25) is 0 Å². The number of anilines is 1. The van der Waals surface area contributed by atoms with E-state index < -0.39 is 0 Å². The molecule has 0 aromatic carbocycles. The van der Waals surface area contributed by atoms with Crippen molar-refractivity contribution in [2.75, 3.05) is 23.9 Å². The summed E-state index contributed by atoms with van der Waals surface area (Å²) in [6, 6.07) is 0. The first kappa shape index (κ1) is 13.0. The maximum Gasteiger partial charge on any atom is 0.145 e. The maximum absolute atomic E-state index is 4.67. The summed E-state index contributed by atoms with van der Waals surface area (Å²) in [6.45, 7) is 6.41. The van der Waals surface area contributed by atoms with Gasteiger partial charge in [0.05, 0.1) is 5.25 Å². The van der Waals surface area contributed by atoms with E-state index in [4.69, 9.17) is 0 Å². The van der Waals surface area contributed by atoms with Crippen LogP contribution in [0.15, 0.2) is 0 Å². The van der Waals surface area contributed by atoms with E-state index >= 15 is 0 Å². The van der Waals surface area contributed by atoms with Gasteiger partial charge in [0.1, 0.15) is 11.6 Å². The Kier molecular flexibility index (Phi) is 4.20. The van der Waals surface area contributed by atoms with Gasteiger partial charge in [0.2, 0.25) is 0 Å². The van der Waals surface area contributed by atoms with Crippen LogP contribution >= 0.6 is 23.5 Å². The molecule has 3 nitrogen and oxygen atoms in total. The molecule has 0 aliphatic carbocycles. The van der Waals surface area contributed by atoms with Crippen molar-refractivity contribution >= 4 is 29.3 Å². The Morgan fingerprint density at radius 1 is 1.18 bits per heavy atom. The van der Waals surface area contributed by atoms with Crippen molar-refractivity contribution < 1.29 is 0 Å². The fourth-order valence-electron chi connectivity index (χ4n) is 1.94. The molecular formula is C12H19N3S2. The Morgan fingerprint density at radius 3 is 2.53 bits per heavy atom. The largest absolute Gasteiger partial charge is 0.373 e. The third-order valence-electron chi connectivity index (χ3n) is 3.09. The number of nitrogens with zero attached hydrogens (tertiary/aromatic N) is 2. The van der Waals surface area contributed by atoms with E-state index in [-0.39, 0.29) is 0 Å². The number of thioether (sulfide) groups is 2. The van der Waals surface area contributed by atoms with Gasteiger partial charge in [0.15, 0.2) is 0 Å². The van der Waals surface area contributed by atoms with Gasteiger partial charge in [-0.15, -0.1) is 11.8 Å². The first-order valence-electron chi connectivity index (χ1n) is 5.89. The Morgan fingerprint density at radius 2 is 1.88 bits per heavy atom. The molecule has 17 heavy (non-hydrogen) atoms. The molecule has 0 saturated carbocycles. The second-order valence-corrected chi connectivity index (χ2v) is 6.99. The van der Waals surface area contributed by atoms with Crippen molar-refractivity contribution in [3.8, 4) is 0 Å². The second-order valence-electron chi connectivity index (χ2n) is 4.26. The van der Waals surface area contributed by atoms with Crippen LogP contribution in [0.25, 0.3) is 0 Å². The minimum Gasteiger partial charge on any atom is -0.373 e. The first-order valence-corrected chi connectivity index (χ1v) is 7.99. The molecule has 1 aromatic heterocycles. The number of hydrogen-bond donors (Lipinski definition) is 1. The Bertz CT molecular complexity index is 409. The van der Waals surface area contributed by atoms with Gasteiger partial charge in [-0.3, -0.25) is 0 Å². The SMILES string of the molecule is CNc1nc(C2SCCSC2C)nc(C)c1C. The van der Waals surface area contributed by atoms with Crippen LogP contribution < -0.4 is 5.32 Å². The fourth-order valence-corrected chi connectivity index (χ4v) is 4.63. The van der Waals surface area contributed by atoms with Gasteiger partial charge >= 0.3 is 0 Å². The molecule has 1 fully saturated rings. The zero-order chi connectivity index (χ0) is 12.4. The lowest BCUT2D eigenvalue weighted by Gasteiger charge is -2.27. The van der Waals surface area contributed by atoms with Gasteiger partial charge in [-0.2, -0.15) is 11.8 Å². The zero-order valence-corrected chi connectivity index (χ0v) is 12.4. The molecule has 0 bridgehead atoms. The van der Waals surface area contributed by atoms with Crippen LogP contribution in [0.4, 0.5) is 5.82 Å². The zero-order valence-electron chi connectivity index (χ0n) is 10.8. The van der Waals surface area contributed by atoms with E-state index in [2.05, 4.69) is 36.1 Å². The average Bonchev–Trinajstić information content (AvgIpc) is 2.33. The van der Waals surface area contributed by atoms with Crippen molar-refractivity contribution in [2.24, 2.45) is 0 Å². The molecular weight excluding hydrogens is 250 g/mol. The van der Waals surface area contributed by atoms with Gasteiger partial charge < -0.3 is 5.32 Å². The summed E-state index contributed by atoms with van der Waals surface area (Å²) in [5.41, 5.74) is 2.24. The van der Waals surface area contributed by atoms with Gasteiger partial charge in [-0.05, 0) is 13.8 Å². The molecule has 0 amide bonds. The molecule has 2 heterocycles. The molecule has 2 unspecified atom stereocenters. The summed E-state index contributed by atoms with van der Waals surface area (Å²) in [5, 5.41) is 4.19. The molecule has 1 aliphatic heterocycles. The van der Waals surface area contributed by atoms with E-state index in [0.717, 1.165) is 22.9 Å². The molecule has 94 valence electrons. The van der Waals surface area contributed by atoms with E-state index in [9.17, 15) is 0 Å². The molecule has 1 saturated heterocycles.